The second-order valence-corrected chi connectivity index (χ2v) is 5.53. The predicted octanol–water partition coefficient (Wildman–Crippen LogP) is 4.25. The normalized spacial score (nSPS) is 23.0. The van der Waals surface area contributed by atoms with Crippen molar-refractivity contribution in [1.29, 1.82) is 0 Å². The van der Waals surface area contributed by atoms with Crippen LogP contribution in [-0.2, 0) is 0 Å². The summed E-state index contributed by atoms with van der Waals surface area (Å²) in [7, 11) is 0. The van der Waals surface area contributed by atoms with Crippen molar-refractivity contribution in [2.24, 2.45) is 0 Å². The summed E-state index contributed by atoms with van der Waals surface area (Å²) in [5.41, 5.74) is 0.835. The molecule has 0 radical (unpaired) electrons. The van der Waals surface area contributed by atoms with E-state index in [2.05, 4.69) is 18.7 Å². The van der Waals surface area contributed by atoms with E-state index in [4.69, 9.17) is 0 Å². The zero-order chi connectivity index (χ0) is 13.8. The number of rotatable bonds is 3. The highest BCUT2D eigenvalue weighted by Gasteiger charge is 2.26. The summed E-state index contributed by atoms with van der Waals surface area (Å²) in [5.74, 6) is -0.303. The van der Waals surface area contributed by atoms with Crippen LogP contribution in [0, 0.1) is 5.82 Å². The molecule has 2 rings (SSSR count). The first-order valence-corrected chi connectivity index (χ1v) is 7.37. The number of hydrogen-bond donors (Lipinski definition) is 1. The molecule has 1 heterocycles. The van der Waals surface area contributed by atoms with E-state index in [1.165, 1.54) is 37.8 Å². The minimum absolute atomic E-state index is 0.0756. The van der Waals surface area contributed by atoms with Crippen LogP contribution in [0.5, 0.6) is 5.75 Å². The van der Waals surface area contributed by atoms with E-state index in [0.29, 0.717) is 6.04 Å². The summed E-state index contributed by atoms with van der Waals surface area (Å²) >= 11 is 0. The molecule has 1 aliphatic rings. The lowest BCUT2D eigenvalue weighted by atomic mass is 10.0. The Morgan fingerprint density at radius 3 is 2.84 bits per heavy atom. The van der Waals surface area contributed by atoms with Crippen molar-refractivity contribution in [2.75, 3.05) is 6.54 Å². The summed E-state index contributed by atoms with van der Waals surface area (Å²) in [4.78, 5) is 2.47. The summed E-state index contributed by atoms with van der Waals surface area (Å²) in [5, 5.41) is 9.96. The molecule has 0 bridgehead atoms. The van der Waals surface area contributed by atoms with Gasteiger partial charge in [0.2, 0.25) is 0 Å². The second-order valence-electron chi connectivity index (χ2n) is 5.53. The lowest BCUT2D eigenvalue weighted by Crippen LogP contribution is -2.36. The zero-order valence-corrected chi connectivity index (χ0v) is 11.9. The van der Waals surface area contributed by atoms with Gasteiger partial charge in [-0.05, 0) is 38.8 Å². The topological polar surface area (TPSA) is 23.5 Å². The Bertz CT molecular complexity index is 421. The van der Waals surface area contributed by atoms with E-state index in [1.54, 1.807) is 6.07 Å². The van der Waals surface area contributed by atoms with Crippen molar-refractivity contribution in [3.63, 3.8) is 0 Å². The first-order chi connectivity index (χ1) is 9.13. The van der Waals surface area contributed by atoms with Crippen molar-refractivity contribution in [3.8, 4) is 5.75 Å². The van der Waals surface area contributed by atoms with E-state index in [9.17, 15) is 9.50 Å². The predicted molar refractivity (Wildman–Crippen MR) is 75.7 cm³/mol. The monoisotopic (exact) mass is 265 g/mol. The molecule has 2 atom stereocenters. The molecule has 0 amide bonds. The average Bonchev–Trinajstić information content (AvgIpc) is 2.63. The molecule has 19 heavy (non-hydrogen) atoms. The molecule has 1 fully saturated rings. The van der Waals surface area contributed by atoms with E-state index < -0.39 is 0 Å². The number of nitrogens with zero attached hydrogens (tertiary/aromatic N) is 1. The molecular weight excluding hydrogens is 241 g/mol. The number of halogens is 1. The largest absolute Gasteiger partial charge is 0.508 e. The fourth-order valence-corrected chi connectivity index (χ4v) is 3.20. The molecule has 1 aliphatic heterocycles. The number of aromatic hydroxyl groups is 1. The number of benzene rings is 1. The molecule has 106 valence electrons. The number of phenolic OH excluding ortho intramolecular Hbond substituents is 1. The Hall–Kier alpha value is -1.09. The molecule has 1 aromatic carbocycles. The zero-order valence-electron chi connectivity index (χ0n) is 11.9. The quantitative estimate of drug-likeness (QED) is 0.883. The Balaban J connectivity index is 2.22. The van der Waals surface area contributed by atoms with Gasteiger partial charge in [-0.1, -0.05) is 25.8 Å². The summed E-state index contributed by atoms with van der Waals surface area (Å²) in [6.07, 6.45) is 6.14. The van der Waals surface area contributed by atoms with Gasteiger partial charge in [-0.15, -0.1) is 0 Å². The van der Waals surface area contributed by atoms with Crippen LogP contribution >= 0.6 is 0 Å². The van der Waals surface area contributed by atoms with Crippen molar-refractivity contribution >= 4 is 0 Å². The van der Waals surface area contributed by atoms with Gasteiger partial charge in [-0.25, -0.2) is 4.39 Å². The second kappa shape index (κ2) is 6.38. The SMILES string of the molecule is CCC1CCCCCN1C(C)c1ccc(F)cc1O. The third-order valence-corrected chi connectivity index (χ3v) is 4.33. The molecule has 0 aliphatic carbocycles. The van der Waals surface area contributed by atoms with Crippen LogP contribution in [0.4, 0.5) is 4.39 Å². The van der Waals surface area contributed by atoms with Crippen LogP contribution in [0.3, 0.4) is 0 Å². The highest BCUT2D eigenvalue weighted by atomic mass is 19.1. The highest BCUT2D eigenvalue weighted by Crippen LogP contribution is 2.33. The Labute approximate surface area is 115 Å². The number of hydrogen-bond acceptors (Lipinski definition) is 2. The first kappa shape index (κ1) is 14.3. The van der Waals surface area contributed by atoms with Gasteiger partial charge in [-0.3, -0.25) is 4.90 Å². The van der Waals surface area contributed by atoms with Crippen LogP contribution in [0.1, 0.15) is 57.6 Å². The highest BCUT2D eigenvalue weighted by molar-refractivity contribution is 5.35. The molecule has 3 heteroatoms. The van der Waals surface area contributed by atoms with Gasteiger partial charge in [0.1, 0.15) is 11.6 Å². The van der Waals surface area contributed by atoms with Crippen molar-refractivity contribution in [1.82, 2.24) is 4.90 Å². The Kier molecular flexibility index (Phi) is 4.81. The number of phenols is 1. The summed E-state index contributed by atoms with van der Waals surface area (Å²) in [6, 6.07) is 5.08. The average molecular weight is 265 g/mol. The lowest BCUT2D eigenvalue weighted by molar-refractivity contribution is 0.140. The lowest BCUT2D eigenvalue weighted by Gasteiger charge is -2.35. The van der Waals surface area contributed by atoms with Crippen LogP contribution in [0.15, 0.2) is 18.2 Å². The van der Waals surface area contributed by atoms with Gasteiger partial charge in [0.15, 0.2) is 0 Å². The number of likely N-dealkylation sites (tertiary alicyclic amines) is 1. The van der Waals surface area contributed by atoms with Crippen LogP contribution in [0.2, 0.25) is 0 Å². The van der Waals surface area contributed by atoms with E-state index in [-0.39, 0.29) is 17.6 Å². The van der Waals surface area contributed by atoms with Gasteiger partial charge in [-0.2, -0.15) is 0 Å². The minimum Gasteiger partial charge on any atom is -0.508 e. The van der Waals surface area contributed by atoms with Crippen LogP contribution < -0.4 is 0 Å². The molecular formula is C16H24FNO. The smallest absolute Gasteiger partial charge is 0.126 e. The van der Waals surface area contributed by atoms with Gasteiger partial charge >= 0.3 is 0 Å². The molecule has 2 unspecified atom stereocenters. The van der Waals surface area contributed by atoms with E-state index in [1.807, 2.05) is 0 Å². The fourth-order valence-electron chi connectivity index (χ4n) is 3.20. The van der Waals surface area contributed by atoms with Crippen molar-refractivity contribution in [3.05, 3.63) is 29.6 Å². The molecule has 1 saturated heterocycles. The maximum absolute atomic E-state index is 13.1. The van der Waals surface area contributed by atoms with Gasteiger partial charge in [0, 0.05) is 23.7 Å². The molecule has 1 aromatic rings. The van der Waals surface area contributed by atoms with Crippen molar-refractivity contribution < 1.29 is 9.50 Å². The maximum atomic E-state index is 13.1. The Morgan fingerprint density at radius 2 is 2.16 bits per heavy atom. The van der Waals surface area contributed by atoms with E-state index >= 15 is 0 Å². The molecule has 0 spiro atoms. The minimum atomic E-state index is -0.378. The molecule has 1 N–H and O–H groups in total. The standard InChI is InChI=1S/C16H24FNO/c1-3-14-7-5-4-6-10-18(14)12(2)15-9-8-13(17)11-16(15)19/h8-9,11-12,14,19H,3-7,10H2,1-2H3. The van der Waals surface area contributed by atoms with Crippen molar-refractivity contribution in [2.45, 2.75) is 58.0 Å². The maximum Gasteiger partial charge on any atom is 0.126 e. The van der Waals surface area contributed by atoms with Gasteiger partial charge < -0.3 is 5.11 Å². The summed E-state index contributed by atoms with van der Waals surface area (Å²) < 4.78 is 13.1. The third-order valence-electron chi connectivity index (χ3n) is 4.33. The van der Waals surface area contributed by atoms with Crippen LogP contribution in [0.25, 0.3) is 0 Å². The van der Waals surface area contributed by atoms with Crippen LogP contribution in [-0.4, -0.2) is 22.6 Å². The fraction of sp³-hybridized carbons (Fsp3) is 0.625. The Morgan fingerprint density at radius 1 is 1.37 bits per heavy atom. The van der Waals surface area contributed by atoms with E-state index in [0.717, 1.165) is 18.5 Å². The molecule has 0 saturated carbocycles. The molecule has 0 aromatic heterocycles. The first-order valence-electron chi connectivity index (χ1n) is 7.37. The molecule has 2 nitrogen and oxygen atoms in total. The third kappa shape index (κ3) is 3.27. The van der Waals surface area contributed by atoms with Gasteiger partial charge in [0.25, 0.3) is 0 Å². The summed E-state index contributed by atoms with van der Waals surface area (Å²) in [6.45, 7) is 5.40. The van der Waals surface area contributed by atoms with Gasteiger partial charge in [0.05, 0.1) is 0 Å².